The summed E-state index contributed by atoms with van der Waals surface area (Å²) >= 11 is 0. The van der Waals surface area contributed by atoms with Crippen LogP contribution in [0, 0.1) is 6.92 Å². The maximum Gasteiger partial charge on any atom is 0.165 e. The summed E-state index contributed by atoms with van der Waals surface area (Å²) in [5, 5.41) is 13.7. The van der Waals surface area contributed by atoms with Crippen LogP contribution in [0.2, 0.25) is 0 Å². The third-order valence-corrected chi connectivity index (χ3v) is 5.25. The number of aromatic hydroxyl groups is 1. The number of aromatic nitrogens is 2. The summed E-state index contributed by atoms with van der Waals surface area (Å²) in [6.45, 7) is 4.25. The van der Waals surface area contributed by atoms with Crippen LogP contribution in [0.4, 0.5) is 5.82 Å². The number of nitrogens with one attached hydrogen (secondary N) is 1. The van der Waals surface area contributed by atoms with E-state index in [1.807, 2.05) is 25.1 Å². The minimum absolute atomic E-state index is 0.0588. The number of hydrogen-bond donors (Lipinski definition) is 2. The third kappa shape index (κ3) is 3.66. The van der Waals surface area contributed by atoms with Crippen molar-refractivity contribution in [1.82, 2.24) is 9.97 Å². The molecule has 2 aliphatic rings. The molecule has 6 heteroatoms. The highest BCUT2D eigenvalue weighted by atomic mass is 16.5. The topological polar surface area (TPSA) is 76.5 Å². The summed E-state index contributed by atoms with van der Waals surface area (Å²) in [5.41, 5.74) is 1.46. The van der Waals surface area contributed by atoms with Crippen molar-refractivity contribution >= 4 is 5.82 Å². The molecule has 0 saturated carbocycles. The highest BCUT2D eigenvalue weighted by Crippen LogP contribution is 2.35. The molecule has 1 aromatic carbocycles. The molecular formula is C20H25N3O3. The molecule has 0 unspecified atom stereocenters. The van der Waals surface area contributed by atoms with Crippen LogP contribution in [0.3, 0.4) is 0 Å². The summed E-state index contributed by atoms with van der Waals surface area (Å²) < 4.78 is 11.6. The van der Waals surface area contributed by atoms with Gasteiger partial charge in [0.15, 0.2) is 5.82 Å². The molecule has 0 bridgehead atoms. The van der Waals surface area contributed by atoms with Gasteiger partial charge in [0, 0.05) is 37.6 Å². The number of benzene rings is 1. The number of nitrogens with zero attached hydrogens (tertiary/aromatic N) is 2. The smallest absolute Gasteiger partial charge is 0.165 e. The fraction of sp³-hybridized carbons (Fsp3) is 0.500. The van der Waals surface area contributed by atoms with E-state index >= 15 is 0 Å². The second-order valence-corrected chi connectivity index (χ2v) is 7.21. The first-order chi connectivity index (χ1) is 12.6. The largest absolute Gasteiger partial charge is 0.507 e. The van der Waals surface area contributed by atoms with Gasteiger partial charge in [0.25, 0.3) is 0 Å². The molecule has 1 aromatic heterocycles. The average molecular weight is 355 g/mol. The summed E-state index contributed by atoms with van der Waals surface area (Å²) in [7, 11) is 0. The van der Waals surface area contributed by atoms with Crippen molar-refractivity contribution < 1.29 is 14.6 Å². The van der Waals surface area contributed by atoms with Gasteiger partial charge >= 0.3 is 0 Å². The van der Waals surface area contributed by atoms with Crippen molar-refractivity contribution in [3.63, 3.8) is 0 Å². The van der Waals surface area contributed by atoms with Crippen LogP contribution >= 0.6 is 0 Å². The van der Waals surface area contributed by atoms with Crippen LogP contribution in [-0.2, 0) is 9.47 Å². The van der Waals surface area contributed by atoms with E-state index in [0.29, 0.717) is 17.4 Å². The quantitative estimate of drug-likeness (QED) is 0.880. The van der Waals surface area contributed by atoms with Gasteiger partial charge in [-0.3, -0.25) is 0 Å². The van der Waals surface area contributed by atoms with Gasteiger partial charge < -0.3 is 19.9 Å². The second kappa shape index (κ2) is 7.21. The van der Waals surface area contributed by atoms with E-state index < -0.39 is 0 Å². The molecule has 1 spiro atoms. The zero-order chi connectivity index (χ0) is 18.0. The Balaban J connectivity index is 1.54. The molecule has 26 heavy (non-hydrogen) atoms. The lowest BCUT2D eigenvalue weighted by Gasteiger charge is -2.43. The molecule has 2 fully saturated rings. The van der Waals surface area contributed by atoms with Gasteiger partial charge in [0.05, 0.1) is 11.2 Å². The van der Waals surface area contributed by atoms with E-state index in [2.05, 4.69) is 15.3 Å². The second-order valence-electron chi connectivity index (χ2n) is 7.21. The number of phenolic OH excluding ortho intramolecular Hbond substituents is 1. The van der Waals surface area contributed by atoms with Crippen LogP contribution in [0.1, 0.15) is 31.4 Å². The molecule has 0 aliphatic carbocycles. The Labute approximate surface area is 153 Å². The minimum Gasteiger partial charge on any atom is -0.507 e. The third-order valence-electron chi connectivity index (χ3n) is 5.25. The van der Waals surface area contributed by atoms with E-state index in [1.54, 1.807) is 12.1 Å². The van der Waals surface area contributed by atoms with E-state index in [-0.39, 0.29) is 11.4 Å². The van der Waals surface area contributed by atoms with Gasteiger partial charge in [-0.15, -0.1) is 0 Å². The molecule has 4 rings (SSSR count). The van der Waals surface area contributed by atoms with Crippen molar-refractivity contribution in [2.45, 2.75) is 44.2 Å². The normalized spacial score (nSPS) is 22.3. The Bertz CT molecular complexity index is 769. The van der Waals surface area contributed by atoms with E-state index in [1.165, 1.54) is 0 Å². The number of para-hydroxylation sites is 1. The highest BCUT2D eigenvalue weighted by molar-refractivity contribution is 5.64. The molecule has 0 amide bonds. The van der Waals surface area contributed by atoms with Crippen LogP contribution in [0.25, 0.3) is 11.4 Å². The Morgan fingerprint density at radius 1 is 1.15 bits per heavy atom. The number of rotatable bonds is 3. The van der Waals surface area contributed by atoms with Crippen molar-refractivity contribution in [2.24, 2.45) is 0 Å². The predicted octanol–water partition coefficient (Wildman–Crippen LogP) is 3.30. The zero-order valence-corrected chi connectivity index (χ0v) is 15.1. The molecule has 6 nitrogen and oxygen atoms in total. The fourth-order valence-electron chi connectivity index (χ4n) is 3.88. The van der Waals surface area contributed by atoms with E-state index in [4.69, 9.17) is 9.47 Å². The van der Waals surface area contributed by atoms with Gasteiger partial charge in [-0.2, -0.15) is 0 Å². The number of hydrogen-bond acceptors (Lipinski definition) is 6. The van der Waals surface area contributed by atoms with Gasteiger partial charge in [0.2, 0.25) is 0 Å². The van der Waals surface area contributed by atoms with Gasteiger partial charge in [0.1, 0.15) is 11.6 Å². The molecule has 2 saturated heterocycles. The lowest BCUT2D eigenvalue weighted by Crippen LogP contribution is -2.47. The van der Waals surface area contributed by atoms with Crippen LogP contribution < -0.4 is 5.32 Å². The van der Waals surface area contributed by atoms with Crippen LogP contribution in [-0.4, -0.2) is 46.5 Å². The summed E-state index contributed by atoms with van der Waals surface area (Å²) in [4.78, 5) is 9.13. The van der Waals surface area contributed by atoms with Gasteiger partial charge in [-0.1, -0.05) is 12.1 Å². The first kappa shape index (κ1) is 17.2. The molecule has 138 valence electrons. The van der Waals surface area contributed by atoms with Crippen LogP contribution in [0.15, 0.2) is 30.3 Å². The Hall–Kier alpha value is -2.18. The van der Waals surface area contributed by atoms with Crippen molar-refractivity contribution in [3.8, 4) is 17.1 Å². The lowest BCUT2D eigenvalue weighted by atomic mass is 9.84. The van der Waals surface area contributed by atoms with Crippen molar-refractivity contribution in [1.29, 1.82) is 0 Å². The monoisotopic (exact) mass is 355 g/mol. The summed E-state index contributed by atoms with van der Waals surface area (Å²) in [6, 6.07) is 9.43. The first-order valence-corrected chi connectivity index (χ1v) is 9.26. The Morgan fingerprint density at radius 3 is 2.77 bits per heavy atom. The number of anilines is 1. The molecule has 2 aliphatic heterocycles. The Morgan fingerprint density at radius 2 is 1.96 bits per heavy atom. The molecular weight excluding hydrogens is 330 g/mol. The van der Waals surface area contributed by atoms with Gasteiger partial charge in [-0.05, 0) is 44.7 Å². The number of phenols is 1. The molecule has 0 radical (unpaired) electrons. The predicted molar refractivity (Wildman–Crippen MR) is 99.3 cm³/mol. The van der Waals surface area contributed by atoms with Crippen molar-refractivity contribution in [2.75, 3.05) is 25.1 Å². The zero-order valence-electron chi connectivity index (χ0n) is 15.1. The van der Waals surface area contributed by atoms with E-state index in [9.17, 15) is 5.11 Å². The van der Waals surface area contributed by atoms with Gasteiger partial charge in [-0.25, -0.2) is 9.97 Å². The number of ether oxygens (including phenoxy) is 2. The summed E-state index contributed by atoms with van der Waals surface area (Å²) in [5.74, 6) is 1.53. The number of aryl methyl sites for hydroxylation is 1. The standard InChI is InChI=1S/C20H25N3O3/c1-14-12-18(23-19(21-14)16-4-2-3-5-17(16)24)22-15-6-9-26-20(13-15)7-10-25-11-8-20/h2-5,12,15,24H,6-11,13H2,1H3,(H,21,22,23)/t15-/m1/s1. The maximum atomic E-state index is 10.1. The lowest BCUT2D eigenvalue weighted by molar-refractivity contribution is -0.135. The molecule has 1 atom stereocenters. The van der Waals surface area contributed by atoms with Crippen LogP contribution in [0.5, 0.6) is 5.75 Å². The first-order valence-electron chi connectivity index (χ1n) is 9.26. The molecule has 3 heterocycles. The maximum absolute atomic E-state index is 10.1. The Kier molecular flexibility index (Phi) is 4.78. The fourth-order valence-corrected chi connectivity index (χ4v) is 3.88. The molecule has 2 N–H and O–H groups in total. The minimum atomic E-state index is -0.0588. The van der Waals surface area contributed by atoms with Crippen molar-refractivity contribution in [3.05, 3.63) is 36.0 Å². The van der Waals surface area contributed by atoms with E-state index in [0.717, 1.165) is 57.0 Å². The average Bonchev–Trinajstić information content (AvgIpc) is 2.62. The molecule has 2 aromatic rings. The SMILES string of the molecule is Cc1cc(N[C@@H]2CCOC3(CCOCC3)C2)nc(-c2ccccc2O)n1. The summed E-state index contributed by atoms with van der Waals surface area (Å²) in [6.07, 6.45) is 3.83. The highest BCUT2D eigenvalue weighted by Gasteiger charge is 2.39.